The minimum Gasteiger partial charge on any atom is -0.277 e. The van der Waals surface area contributed by atoms with Crippen LogP contribution in [0, 0.1) is 18.6 Å². The first kappa shape index (κ1) is 15.4. The van der Waals surface area contributed by atoms with Crippen LogP contribution in [0.4, 0.5) is 14.5 Å². The normalized spacial score (nSPS) is 11.6. The van der Waals surface area contributed by atoms with Gasteiger partial charge in [-0.3, -0.25) is 9.71 Å². The van der Waals surface area contributed by atoms with Gasteiger partial charge in [-0.1, -0.05) is 17.7 Å². The van der Waals surface area contributed by atoms with Crippen LogP contribution in [0.5, 0.6) is 0 Å². The highest BCUT2D eigenvalue weighted by Gasteiger charge is 2.19. The molecule has 0 amide bonds. The fraction of sp³-hybridized carbons (Fsp3) is 0.0625. The number of aryl methyl sites for hydroxylation is 1. The number of sulfonamides is 1. The zero-order valence-corrected chi connectivity index (χ0v) is 12.9. The Labute approximate surface area is 131 Å². The quantitative estimate of drug-likeness (QED) is 0.796. The van der Waals surface area contributed by atoms with Gasteiger partial charge in [0.25, 0.3) is 10.0 Å². The van der Waals surface area contributed by atoms with Crippen molar-refractivity contribution in [2.24, 2.45) is 0 Å². The summed E-state index contributed by atoms with van der Waals surface area (Å²) < 4.78 is 54.6. The molecular formula is C16H12F2N2O2S. The molecule has 0 bridgehead atoms. The third-order valence-corrected chi connectivity index (χ3v) is 4.74. The molecule has 3 rings (SSSR count). The van der Waals surface area contributed by atoms with Crippen molar-refractivity contribution in [1.82, 2.24) is 4.98 Å². The molecule has 0 radical (unpaired) electrons. The van der Waals surface area contributed by atoms with E-state index in [1.807, 2.05) is 6.92 Å². The topological polar surface area (TPSA) is 59.1 Å². The Bertz CT molecular complexity index is 987. The van der Waals surface area contributed by atoms with Crippen molar-refractivity contribution in [1.29, 1.82) is 0 Å². The number of rotatable bonds is 3. The molecule has 1 aromatic heterocycles. The maximum Gasteiger partial charge on any atom is 0.261 e. The van der Waals surface area contributed by atoms with Crippen LogP contribution < -0.4 is 4.72 Å². The van der Waals surface area contributed by atoms with Gasteiger partial charge in [0.15, 0.2) is 11.6 Å². The summed E-state index contributed by atoms with van der Waals surface area (Å²) in [6.45, 7) is 1.83. The second kappa shape index (κ2) is 5.58. The second-order valence-corrected chi connectivity index (χ2v) is 6.72. The Morgan fingerprint density at radius 1 is 1.09 bits per heavy atom. The van der Waals surface area contributed by atoms with E-state index in [0.717, 1.165) is 11.6 Å². The monoisotopic (exact) mass is 334 g/mol. The maximum absolute atomic E-state index is 13.8. The van der Waals surface area contributed by atoms with Gasteiger partial charge < -0.3 is 0 Å². The molecule has 1 N–H and O–H groups in total. The molecule has 2 aromatic carbocycles. The number of aromatic nitrogens is 1. The van der Waals surface area contributed by atoms with Gasteiger partial charge in [-0.05, 0) is 31.2 Å². The van der Waals surface area contributed by atoms with Gasteiger partial charge in [-0.2, -0.15) is 0 Å². The van der Waals surface area contributed by atoms with Gasteiger partial charge >= 0.3 is 0 Å². The van der Waals surface area contributed by atoms with Gasteiger partial charge in [0.2, 0.25) is 0 Å². The molecule has 0 atom stereocenters. The van der Waals surface area contributed by atoms with Crippen molar-refractivity contribution in [2.45, 2.75) is 11.8 Å². The Balaban J connectivity index is 2.11. The number of anilines is 1. The number of nitrogens with zero attached hydrogens (tertiary/aromatic N) is 1. The molecule has 4 nitrogen and oxygen atoms in total. The Morgan fingerprint density at radius 2 is 1.78 bits per heavy atom. The molecule has 0 aliphatic heterocycles. The molecule has 0 saturated heterocycles. The van der Waals surface area contributed by atoms with Crippen LogP contribution in [-0.2, 0) is 10.0 Å². The molecule has 0 fully saturated rings. The molecule has 0 spiro atoms. The molecule has 0 saturated carbocycles. The molecule has 23 heavy (non-hydrogen) atoms. The predicted octanol–water partition coefficient (Wildman–Crippen LogP) is 3.62. The van der Waals surface area contributed by atoms with E-state index in [9.17, 15) is 17.2 Å². The van der Waals surface area contributed by atoms with Gasteiger partial charge in [0.1, 0.15) is 0 Å². The van der Waals surface area contributed by atoms with Crippen LogP contribution in [0.2, 0.25) is 0 Å². The zero-order chi connectivity index (χ0) is 16.6. The predicted molar refractivity (Wildman–Crippen MR) is 83.6 cm³/mol. The third kappa shape index (κ3) is 2.87. The summed E-state index contributed by atoms with van der Waals surface area (Å²) >= 11 is 0. The van der Waals surface area contributed by atoms with Crippen LogP contribution in [0.3, 0.4) is 0 Å². The van der Waals surface area contributed by atoms with Gasteiger partial charge in [0, 0.05) is 17.6 Å². The molecule has 118 valence electrons. The minimum atomic E-state index is -3.93. The minimum absolute atomic E-state index is 0.0249. The second-order valence-electron chi connectivity index (χ2n) is 5.04. The lowest BCUT2D eigenvalue weighted by molar-refractivity contribution is 0.517. The summed E-state index contributed by atoms with van der Waals surface area (Å²) in [6, 6.07) is 9.75. The summed E-state index contributed by atoms with van der Waals surface area (Å²) in [5, 5.41) is -0.0888. The van der Waals surface area contributed by atoms with Gasteiger partial charge in [0.05, 0.1) is 16.1 Å². The highest BCUT2D eigenvalue weighted by atomic mass is 32.2. The van der Waals surface area contributed by atoms with Crippen LogP contribution in [0.25, 0.3) is 10.9 Å². The van der Waals surface area contributed by atoms with Crippen LogP contribution in [-0.4, -0.2) is 13.4 Å². The van der Waals surface area contributed by atoms with Gasteiger partial charge in [-0.15, -0.1) is 0 Å². The first-order valence-electron chi connectivity index (χ1n) is 6.71. The average Bonchev–Trinajstić information content (AvgIpc) is 2.52. The van der Waals surface area contributed by atoms with Crippen LogP contribution >= 0.6 is 0 Å². The van der Waals surface area contributed by atoms with E-state index < -0.39 is 21.7 Å². The number of halogens is 2. The first-order valence-corrected chi connectivity index (χ1v) is 8.19. The summed E-state index contributed by atoms with van der Waals surface area (Å²) in [5.74, 6) is -2.21. The van der Waals surface area contributed by atoms with Crippen molar-refractivity contribution in [3.8, 4) is 0 Å². The lowest BCUT2D eigenvalue weighted by Crippen LogP contribution is -2.14. The fourth-order valence-electron chi connectivity index (χ4n) is 2.18. The largest absolute Gasteiger partial charge is 0.277 e. The molecule has 0 aliphatic rings. The highest BCUT2D eigenvalue weighted by Crippen LogP contribution is 2.28. The molecule has 3 aromatic rings. The number of nitrogens with one attached hydrogen (secondary N) is 1. The summed E-state index contributed by atoms with van der Waals surface area (Å²) in [7, 11) is -3.93. The third-order valence-electron chi connectivity index (χ3n) is 3.36. The summed E-state index contributed by atoms with van der Waals surface area (Å²) in [5.41, 5.74) is 0.839. The standard InChI is InChI=1S/C16H12F2N2O2S/c1-10-4-6-11(7-5-10)23(21,22)20-14-9-13(17)15(18)12-3-2-8-19-16(12)14/h2-9,20H,1H3. The Hall–Kier alpha value is -2.54. The molecule has 0 unspecified atom stereocenters. The fourth-order valence-corrected chi connectivity index (χ4v) is 3.24. The summed E-state index contributed by atoms with van der Waals surface area (Å²) in [6.07, 6.45) is 1.38. The van der Waals surface area contributed by atoms with Crippen molar-refractivity contribution in [3.05, 3.63) is 65.9 Å². The van der Waals surface area contributed by atoms with Crippen LogP contribution in [0.15, 0.2) is 53.6 Å². The molecular weight excluding hydrogens is 322 g/mol. The Kier molecular flexibility index (Phi) is 3.73. The smallest absolute Gasteiger partial charge is 0.261 e. The number of pyridine rings is 1. The van der Waals surface area contributed by atoms with E-state index in [1.54, 1.807) is 12.1 Å². The number of hydrogen-bond donors (Lipinski definition) is 1. The van der Waals surface area contributed by atoms with Gasteiger partial charge in [-0.25, -0.2) is 17.2 Å². The maximum atomic E-state index is 13.8. The molecule has 7 heteroatoms. The number of hydrogen-bond acceptors (Lipinski definition) is 3. The number of benzene rings is 2. The van der Waals surface area contributed by atoms with E-state index in [2.05, 4.69) is 9.71 Å². The lowest BCUT2D eigenvalue weighted by atomic mass is 10.2. The van der Waals surface area contributed by atoms with E-state index in [4.69, 9.17) is 0 Å². The van der Waals surface area contributed by atoms with Crippen molar-refractivity contribution in [3.63, 3.8) is 0 Å². The van der Waals surface area contributed by atoms with E-state index in [1.165, 1.54) is 30.5 Å². The van der Waals surface area contributed by atoms with Crippen molar-refractivity contribution in [2.75, 3.05) is 4.72 Å². The molecule has 0 aliphatic carbocycles. The number of fused-ring (bicyclic) bond motifs is 1. The van der Waals surface area contributed by atoms with Crippen molar-refractivity contribution < 1.29 is 17.2 Å². The first-order chi connectivity index (χ1) is 10.9. The lowest BCUT2D eigenvalue weighted by Gasteiger charge is -2.11. The van der Waals surface area contributed by atoms with E-state index >= 15 is 0 Å². The van der Waals surface area contributed by atoms with E-state index in [0.29, 0.717) is 0 Å². The van der Waals surface area contributed by atoms with E-state index in [-0.39, 0.29) is 21.5 Å². The Morgan fingerprint density at radius 3 is 2.48 bits per heavy atom. The van der Waals surface area contributed by atoms with Crippen molar-refractivity contribution >= 4 is 26.6 Å². The summed E-state index contributed by atoms with van der Waals surface area (Å²) in [4.78, 5) is 3.97. The SMILES string of the molecule is Cc1ccc(S(=O)(=O)Nc2cc(F)c(F)c3cccnc23)cc1. The zero-order valence-electron chi connectivity index (χ0n) is 12.0. The molecule has 1 heterocycles. The average molecular weight is 334 g/mol. The van der Waals surface area contributed by atoms with Crippen LogP contribution in [0.1, 0.15) is 5.56 Å². The highest BCUT2D eigenvalue weighted by molar-refractivity contribution is 7.92.